The van der Waals surface area contributed by atoms with Crippen LogP contribution in [0.2, 0.25) is 0 Å². The van der Waals surface area contributed by atoms with Gasteiger partial charge in [-0.2, -0.15) is 0 Å². The van der Waals surface area contributed by atoms with E-state index in [0.29, 0.717) is 19.0 Å². The number of amides is 2. The molecule has 0 aliphatic carbocycles. The van der Waals surface area contributed by atoms with E-state index in [1.807, 2.05) is 23.6 Å². The fourth-order valence-corrected chi connectivity index (χ4v) is 3.27. The topological polar surface area (TPSA) is 70.1 Å². The molecule has 6 nitrogen and oxygen atoms in total. The number of carboxylic acid groups (broad SMARTS) is 1. The molecule has 2 aliphatic heterocycles. The lowest BCUT2D eigenvalue weighted by atomic mass is 9.92. The maximum absolute atomic E-state index is 12.5. The first-order chi connectivity index (χ1) is 9.95. The molecular weight excluding hydrogens is 272 g/mol. The summed E-state index contributed by atoms with van der Waals surface area (Å²) < 4.78 is 5.66. The number of hydrogen-bond donors (Lipinski definition) is 1. The fraction of sp³-hybridized carbons (Fsp3) is 0.867. The van der Waals surface area contributed by atoms with E-state index >= 15 is 0 Å². The Morgan fingerprint density at radius 1 is 1.10 bits per heavy atom. The third kappa shape index (κ3) is 4.59. The maximum atomic E-state index is 12.5. The molecule has 2 atom stereocenters. The lowest BCUT2D eigenvalue weighted by Gasteiger charge is -2.40. The van der Waals surface area contributed by atoms with Crippen molar-refractivity contribution in [3.63, 3.8) is 0 Å². The van der Waals surface area contributed by atoms with Crippen LogP contribution in [-0.4, -0.2) is 65.3 Å². The Bertz CT molecular complexity index is 370. The van der Waals surface area contributed by atoms with Crippen molar-refractivity contribution in [3.8, 4) is 0 Å². The van der Waals surface area contributed by atoms with Crippen LogP contribution in [0.3, 0.4) is 0 Å². The van der Waals surface area contributed by atoms with Crippen LogP contribution in [0.25, 0.3) is 0 Å². The minimum absolute atomic E-state index is 0.0887. The van der Waals surface area contributed by atoms with Crippen molar-refractivity contribution in [2.45, 2.75) is 51.7 Å². The Balaban J connectivity index is 1.78. The van der Waals surface area contributed by atoms with Gasteiger partial charge < -0.3 is 19.6 Å². The molecule has 0 radical (unpaired) electrons. The summed E-state index contributed by atoms with van der Waals surface area (Å²) in [6.45, 7) is 6.78. The van der Waals surface area contributed by atoms with E-state index in [0.717, 1.165) is 32.4 Å². The number of hydrogen-bond acceptors (Lipinski definition) is 3. The number of rotatable bonds is 3. The third-order valence-corrected chi connectivity index (χ3v) is 4.34. The van der Waals surface area contributed by atoms with Crippen molar-refractivity contribution < 1.29 is 19.4 Å². The quantitative estimate of drug-likeness (QED) is 0.862. The second kappa shape index (κ2) is 7.11. The number of carboxylic acids is 1. The molecule has 6 heteroatoms. The number of ether oxygens (including phenoxy) is 1. The zero-order chi connectivity index (χ0) is 15.4. The molecule has 2 unspecified atom stereocenters. The van der Waals surface area contributed by atoms with E-state index in [4.69, 9.17) is 9.84 Å². The predicted octanol–water partition coefficient (Wildman–Crippen LogP) is 1.79. The van der Waals surface area contributed by atoms with E-state index in [1.54, 1.807) is 0 Å². The first-order valence-electron chi connectivity index (χ1n) is 7.86. The van der Waals surface area contributed by atoms with Crippen LogP contribution in [0.15, 0.2) is 0 Å². The van der Waals surface area contributed by atoms with Crippen molar-refractivity contribution in [1.29, 1.82) is 0 Å². The number of nitrogens with zero attached hydrogens (tertiary/aromatic N) is 2. The standard InChI is InChI=1S/C15H26N2O4/c1-11-9-17(10-12(2)21-11)15(20)16-7-5-13(6-8-16)3-4-14(18)19/h11-13H,3-10H2,1-2H3,(H,18,19). The highest BCUT2D eigenvalue weighted by molar-refractivity contribution is 5.74. The number of piperidine rings is 1. The van der Waals surface area contributed by atoms with Crippen LogP contribution in [0.1, 0.15) is 39.5 Å². The Morgan fingerprint density at radius 3 is 2.19 bits per heavy atom. The van der Waals surface area contributed by atoms with Gasteiger partial charge in [0, 0.05) is 32.6 Å². The van der Waals surface area contributed by atoms with Crippen LogP contribution in [0.4, 0.5) is 4.79 Å². The lowest BCUT2D eigenvalue weighted by molar-refractivity contribution is -0.137. The molecule has 0 saturated carbocycles. The maximum Gasteiger partial charge on any atom is 0.320 e. The summed E-state index contributed by atoms with van der Waals surface area (Å²) in [6, 6.07) is 0.105. The van der Waals surface area contributed by atoms with Gasteiger partial charge in [-0.25, -0.2) is 4.79 Å². The number of urea groups is 1. The van der Waals surface area contributed by atoms with Gasteiger partial charge in [-0.1, -0.05) is 0 Å². The van der Waals surface area contributed by atoms with Gasteiger partial charge >= 0.3 is 12.0 Å². The molecule has 0 aromatic carbocycles. The second-order valence-corrected chi connectivity index (χ2v) is 6.31. The molecule has 2 saturated heterocycles. The average molecular weight is 298 g/mol. The molecule has 2 heterocycles. The van der Waals surface area contributed by atoms with Gasteiger partial charge in [-0.3, -0.25) is 4.79 Å². The van der Waals surface area contributed by atoms with Gasteiger partial charge in [0.2, 0.25) is 0 Å². The van der Waals surface area contributed by atoms with E-state index in [-0.39, 0.29) is 24.7 Å². The Kier molecular flexibility index (Phi) is 5.45. The molecule has 2 amide bonds. The SMILES string of the molecule is CC1CN(C(=O)N2CCC(CCC(=O)O)CC2)CC(C)O1. The van der Waals surface area contributed by atoms with Gasteiger partial charge in [-0.05, 0) is 39.0 Å². The van der Waals surface area contributed by atoms with Crippen molar-refractivity contribution in [1.82, 2.24) is 9.80 Å². The molecule has 2 rings (SSSR count). The van der Waals surface area contributed by atoms with Crippen LogP contribution < -0.4 is 0 Å². The summed E-state index contributed by atoms with van der Waals surface area (Å²) in [5.41, 5.74) is 0. The monoisotopic (exact) mass is 298 g/mol. The van der Waals surface area contributed by atoms with Crippen molar-refractivity contribution in [2.24, 2.45) is 5.92 Å². The largest absolute Gasteiger partial charge is 0.481 e. The van der Waals surface area contributed by atoms with E-state index in [1.165, 1.54) is 0 Å². The highest BCUT2D eigenvalue weighted by Gasteiger charge is 2.31. The molecule has 1 N–H and O–H groups in total. The third-order valence-electron chi connectivity index (χ3n) is 4.34. The number of morpholine rings is 1. The average Bonchev–Trinajstić information content (AvgIpc) is 2.44. The second-order valence-electron chi connectivity index (χ2n) is 6.31. The van der Waals surface area contributed by atoms with Gasteiger partial charge in [0.05, 0.1) is 12.2 Å². The minimum Gasteiger partial charge on any atom is -0.481 e. The fourth-order valence-electron chi connectivity index (χ4n) is 3.27. The van der Waals surface area contributed by atoms with Crippen LogP contribution in [-0.2, 0) is 9.53 Å². The summed E-state index contributed by atoms with van der Waals surface area (Å²) in [5.74, 6) is -0.294. The van der Waals surface area contributed by atoms with Gasteiger partial charge in [0.25, 0.3) is 0 Å². The first kappa shape index (κ1) is 16.1. The molecule has 120 valence electrons. The molecule has 2 aliphatic rings. The summed E-state index contributed by atoms with van der Waals surface area (Å²) in [6.07, 6.45) is 2.96. The highest BCUT2D eigenvalue weighted by atomic mass is 16.5. The predicted molar refractivity (Wildman–Crippen MR) is 78.1 cm³/mol. The molecule has 0 aromatic heterocycles. The highest BCUT2D eigenvalue weighted by Crippen LogP contribution is 2.23. The number of likely N-dealkylation sites (tertiary alicyclic amines) is 1. The van der Waals surface area contributed by atoms with Crippen molar-refractivity contribution >= 4 is 12.0 Å². The molecule has 0 aromatic rings. The summed E-state index contributed by atoms with van der Waals surface area (Å²) in [7, 11) is 0. The van der Waals surface area contributed by atoms with E-state index in [9.17, 15) is 9.59 Å². The summed E-state index contributed by atoms with van der Waals surface area (Å²) >= 11 is 0. The summed E-state index contributed by atoms with van der Waals surface area (Å²) in [5, 5.41) is 8.72. The zero-order valence-electron chi connectivity index (χ0n) is 13.0. The van der Waals surface area contributed by atoms with Crippen LogP contribution in [0.5, 0.6) is 0 Å². The molecule has 0 bridgehead atoms. The number of carbonyl (C=O) groups is 2. The molecule has 2 fully saturated rings. The molecule has 0 spiro atoms. The van der Waals surface area contributed by atoms with Gasteiger partial charge in [-0.15, -0.1) is 0 Å². The Labute approximate surface area is 126 Å². The van der Waals surface area contributed by atoms with Crippen LogP contribution >= 0.6 is 0 Å². The van der Waals surface area contributed by atoms with Gasteiger partial charge in [0.1, 0.15) is 0 Å². The smallest absolute Gasteiger partial charge is 0.320 e. The number of carbonyl (C=O) groups excluding carboxylic acids is 1. The lowest BCUT2D eigenvalue weighted by Crippen LogP contribution is -2.54. The Morgan fingerprint density at radius 2 is 1.67 bits per heavy atom. The first-order valence-corrected chi connectivity index (χ1v) is 7.86. The van der Waals surface area contributed by atoms with Crippen molar-refractivity contribution in [3.05, 3.63) is 0 Å². The van der Waals surface area contributed by atoms with E-state index in [2.05, 4.69) is 0 Å². The minimum atomic E-state index is -0.732. The molecular formula is C15H26N2O4. The Hall–Kier alpha value is -1.30. The number of aliphatic carboxylic acids is 1. The van der Waals surface area contributed by atoms with E-state index < -0.39 is 5.97 Å². The van der Waals surface area contributed by atoms with Crippen molar-refractivity contribution in [2.75, 3.05) is 26.2 Å². The molecule has 21 heavy (non-hydrogen) atoms. The van der Waals surface area contributed by atoms with Crippen LogP contribution in [0, 0.1) is 5.92 Å². The normalized spacial score (nSPS) is 27.7. The summed E-state index contributed by atoms with van der Waals surface area (Å²) in [4.78, 5) is 26.9. The van der Waals surface area contributed by atoms with Gasteiger partial charge in [0.15, 0.2) is 0 Å². The zero-order valence-corrected chi connectivity index (χ0v) is 13.0.